The molecule has 0 spiro atoms. The van der Waals surface area contributed by atoms with Gasteiger partial charge in [0.05, 0.1) is 10.4 Å². The highest BCUT2D eigenvalue weighted by Gasteiger charge is 2.60. The third-order valence-electron chi connectivity index (χ3n) is 4.65. The summed E-state index contributed by atoms with van der Waals surface area (Å²) in [6, 6.07) is 7.62. The second kappa shape index (κ2) is 6.19. The zero-order valence-corrected chi connectivity index (χ0v) is 16.3. The van der Waals surface area contributed by atoms with Crippen molar-refractivity contribution in [3.8, 4) is 11.4 Å². The zero-order chi connectivity index (χ0) is 20.0. The third-order valence-corrected chi connectivity index (χ3v) is 7.91. The molecule has 0 bridgehead atoms. The Morgan fingerprint density at radius 3 is 2.22 bits per heavy atom. The van der Waals surface area contributed by atoms with Crippen molar-refractivity contribution in [2.24, 2.45) is 5.73 Å². The van der Waals surface area contributed by atoms with Crippen LogP contribution in [0.3, 0.4) is 0 Å². The van der Waals surface area contributed by atoms with Gasteiger partial charge in [-0.05, 0) is 57.9 Å². The number of amides is 2. The van der Waals surface area contributed by atoms with Gasteiger partial charge < -0.3 is 16.8 Å². The van der Waals surface area contributed by atoms with Crippen LogP contribution in [0.4, 0.5) is 16.3 Å². The number of urea groups is 1. The first kappa shape index (κ1) is 19.1. The normalized spacial score (nSPS) is 16.0. The summed E-state index contributed by atoms with van der Waals surface area (Å²) >= 11 is 0. The molecule has 8 nitrogen and oxygen atoms in total. The molecule has 3 rings (SSSR count). The van der Waals surface area contributed by atoms with E-state index >= 15 is 0 Å². The molecule has 0 radical (unpaired) electrons. The number of nitrogen functional groups attached to an aromatic ring is 1. The van der Waals surface area contributed by atoms with Gasteiger partial charge in [-0.1, -0.05) is 0 Å². The molecule has 1 aromatic carbocycles. The minimum atomic E-state index is -3.46. The van der Waals surface area contributed by atoms with Gasteiger partial charge in [-0.15, -0.1) is 0 Å². The molecule has 1 fully saturated rings. The number of rotatable bonds is 4. The van der Waals surface area contributed by atoms with E-state index in [4.69, 9.17) is 11.5 Å². The van der Waals surface area contributed by atoms with E-state index < -0.39 is 25.4 Å². The summed E-state index contributed by atoms with van der Waals surface area (Å²) in [6.07, 6.45) is 1.04. The van der Waals surface area contributed by atoms with Gasteiger partial charge in [-0.25, -0.2) is 23.2 Å². The van der Waals surface area contributed by atoms with Crippen molar-refractivity contribution in [1.82, 2.24) is 9.97 Å². The molecule has 27 heavy (non-hydrogen) atoms. The summed E-state index contributed by atoms with van der Waals surface area (Å²) in [5, 5.41) is 2.47. The van der Waals surface area contributed by atoms with E-state index in [1.165, 1.54) is 0 Å². The van der Waals surface area contributed by atoms with Crippen LogP contribution in [-0.4, -0.2) is 29.2 Å². The highest BCUT2D eigenvalue weighted by molar-refractivity contribution is 7.94. The molecule has 9 heteroatoms. The van der Waals surface area contributed by atoms with Crippen LogP contribution in [0.15, 0.2) is 30.3 Å². The summed E-state index contributed by atoms with van der Waals surface area (Å²) in [4.78, 5) is 19.7. The summed E-state index contributed by atoms with van der Waals surface area (Å²) in [6.45, 7) is 5.08. The van der Waals surface area contributed by atoms with Crippen LogP contribution in [-0.2, 0) is 14.6 Å². The summed E-state index contributed by atoms with van der Waals surface area (Å²) in [7, 11) is -3.46. The number of hydrogen-bond acceptors (Lipinski definition) is 6. The number of nitrogens with zero attached hydrogens (tertiary/aromatic N) is 2. The van der Waals surface area contributed by atoms with Crippen LogP contribution in [0.1, 0.15) is 39.3 Å². The number of carbonyl (C=O) groups is 1. The lowest BCUT2D eigenvalue weighted by Crippen LogP contribution is -2.38. The maximum atomic E-state index is 13.1. The molecule has 1 aliphatic rings. The van der Waals surface area contributed by atoms with Gasteiger partial charge in [0.1, 0.15) is 10.6 Å². The van der Waals surface area contributed by atoms with E-state index in [0.29, 0.717) is 35.6 Å². The number of hydrogen-bond donors (Lipinski definition) is 3. The quantitative estimate of drug-likeness (QED) is 0.733. The molecule has 144 valence electrons. The van der Waals surface area contributed by atoms with Gasteiger partial charge >= 0.3 is 6.03 Å². The maximum absolute atomic E-state index is 13.1. The Kier molecular flexibility index (Phi) is 4.38. The lowest BCUT2D eigenvalue weighted by molar-refractivity contribution is 0.259. The van der Waals surface area contributed by atoms with Gasteiger partial charge in [-0.2, -0.15) is 0 Å². The number of anilines is 2. The molecule has 0 unspecified atom stereocenters. The Morgan fingerprint density at radius 2 is 1.74 bits per heavy atom. The van der Waals surface area contributed by atoms with E-state index in [2.05, 4.69) is 15.3 Å². The highest BCUT2D eigenvalue weighted by Crippen LogP contribution is 2.55. The predicted octanol–water partition coefficient (Wildman–Crippen LogP) is 2.42. The molecule has 2 aromatic rings. The number of aromatic nitrogens is 2. The zero-order valence-electron chi connectivity index (χ0n) is 15.5. The number of carbonyl (C=O) groups excluding carboxylic acids is 1. The number of nitrogens with two attached hydrogens (primary N) is 2. The molecule has 1 aliphatic carbocycles. The SMILES string of the molecule is CC(C)(C)S(=O)(=O)C1(c2cc(N)nc(-c3ccc(NC(N)=O)cc3)n2)CC1. The second-order valence-electron chi connectivity index (χ2n) is 7.68. The van der Waals surface area contributed by atoms with Gasteiger partial charge in [0.15, 0.2) is 15.7 Å². The minimum Gasteiger partial charge on any atom is -0.384 e. The Balaban J connectivity index is 2.02. The molecule has 0 aliphatic heterocycles. The molecular formula is C18H23N5O3S. The Morgan fingerprint density at radius 1 is 1.15 bits per heavy atom. The summed E-state index contributed by atoms with van der Waals surface area (Å²) in [5.74, 6) is 0.552. The lowest BCUT2D eigenvalue weighted by atomic mass is 10.1. The van der Waals surface area contributed by atoms with Gasteiger partial charge in [0.25, 0.3) is 0 Å². The fraction of sp³-hybridized carbons (Fsp3) is 0.389. The fourth-order valence-electron chi connectivity index (χ4n) is 3.04. The highest BCUT2D eigenvalue weighted by atomic mass is 32.2. The first-order chi connectivity index (χ1) is 12.5. The third kappa shape index (κ3) is 3.34. The second-order valence-corrected chi connectivity index (χ2v) is 10.7. The van der Waals surface area contributed by atoms with E-state index in [1.807, 2.05) is 0 Å². The van der Waals surface area contributed by atoms with Gasteiger partial charge in [-0.3, -0.25) is 0 Å². The molecule has 2 amide bonds. The van der Waals surface area contributed by atoms with Gasteiger partial charge in [0, 0.05) is 17.3 Å². The summed E-state index contributed by atoms with van der Waals surface area (Å²) < 4.78 is 24.3. The van der Waals surface area contributed by atoms with Crippen molar-refractivity contribution in [2.75, 3.05) is 11.1 Å². The topological polar surface area (TPSA) is 141 Å². The average Bonchev–Trinajstić information content (AvgIpc) is 3.35. The molecular weight excluding hydrogens is 366 g/mol. The monoisotopic (exact) mass is 389 g/mol. The van der Waals surface area contributed by atoms with Crippen molar-refractivity contribution in [2.45, 2.75) is 43.1 Å². The number of nitrogens with one attached hydrogen (secondary N) is 1. The maximum Gasteiger partial charge on any atom is 0.316 e. The smallest absolute Gasteiger partial charge is 0.316 e. The van der Waals surface area contributed by atoms with Crippen LogP contribution in [0.5, 0.6) is 0 Å². The first-order valence-electron chi connectivity index (χ1n) is 8.52. The van der Waals surface area contributed by atoms with E-state index in [0.717, 1.165) is 0 Å². The van der Waals surface area contributed by atoms with Crippen molar-refractivity contribution >= 4 is 27.4 Å². The van der Waals surface area contributed by atoms with E-state index in [9.17, 15) is 13.2 Å². The van der Waals surface area contributed by atoms with Crippen LogP contribution in [0.2, 0.25) is 0 Å². The first-order valence-corrected chi connectivity index (χ1v) is 10.0. The molecule has 5 N–H and O–H groups in total. The predicted molar refractivity (Wildman–Crippen MR) is 105 cm³/mol. The van der Waals surface area contributed by atoms with Gasteiger partial charge in [0.2, 0.25) is 0 Å². The molecule has 1 aromatic heterocycles. The largest absolute Gasteiger partial charge is 0.384 e. The van der Waals surface area contributed by atoms with Crippen LogP contribution < -0.4 is 16.8 Å². The number of sulfone groups is 1. The Labute approximate surface area is 158 Å². The van der Waals surface area contributed by atoms with E-state index in [1.54, 1.807) is 51.1 Å². The molecule has 0 saturated heterocycles. The number of primary amides is 1. The standard InChI is InChI=1S/C18H23N5O3S/c1-17(2,3)27(25,26)18(8-9-18)13-10-14(19)23-15(22-13)11-4-6-12(7-5-11)21-16(20)24/h4-7,10H,8-9H2,1-3H3,(H2,19,22,23)(H3,20,21,24). The average molecular weight is 389 g/mol. The molecule has 1 saturated carbocycles. The van der Waals surface area contributed by atoms with Crippen molar-refractivity contribution in [3.63, 3.8) is 0 Å². The van der Waals surface area contributed by atoms with E-state index in [-0.39, 0.29) is 5.82 Å². The van der Waals surface area contributed by atoms with Crippen molar-refractivity contribution < 1.29 is 13.2 Å². The Hall–Kier alpha value is -2.68. The molecule has 1 heterocycles. The fourth-order valence-corrected chi connectivity index (χ4v) is 5.23. The Bertz CT molecular complexity index is 991. The van der Waals surface area contributed by atoms with Crippen LogP contribution >= 0.6 is 0 Å². The van der Waals surface area contributed by atoms with Crippen molar-refractivity contribution in [1.29, 1.82) is 0 Å². The van der Waals surface area contributed by atoms with Crippen LogP contribution in [0, 0.1) is 0 Å². The summed E-state index contributed by atoms with van der Waals surface area (Å²) in [5.41, 5.74) is 12.7. The van der Waals surface area contributed by atoms with Crippen LogP contribution in [0.25, 0.3) is 11.4 Å². The number of benzene rings is 1. The molecule has 0 atom stereocenters. The lowest BCUT2D eigenvalue weighted by Gasteiger charge is -2.26. The van der Waals surface area contributed by atoms with Crippen molar-refractivity contribution in [3.05, 3.63) is 36.0 Å². The minimum absolute atomic E-state index is 0.213.